The van der Waals surface area contributed by atoms with E-state index in [9.17, 15) is 4.79 Å². The Morgan fingerprint density at radius 2 is 2.25 bits per heavy atom. The number of pyridine rings is 2. The number of aryl methyl sites for hydroxylation is 2. The van der Waals surface area contributed by atoms with Gasteiger partial charge in [-0.25, -0.2) is 4.98 Å². The average molecular weight is 326 g/mol. The van der Waals surface area contributed by atoms with Gasteiger partial charge in [-0.3, -0.25) is 9.78 Å². The standard InChI is InChI=1S/C18H22N4O2/c1-13-16(3-2-7-20-13)18(23)22-9-10-24-15(12-22)5-4-14-6-8-21-17(19)11-14/h2-3,6-8,11,15H,4-5,9-10,12H2,1H3,(H2,19,21)/t15-/m0/s1. The first-order chi connectivity index (χ1) is 11.6. The monoisotopic (exact) mass is 326 g/mol. The van der Waals surface area contributed by atoms with E-state index in [4.69, 9.17) is 10.5 Å². The highest BCUT2D eigenvalue weighted by Gasteiger charge is 2.25. The Labute approximate surface area is 141 Å². The van der Waals surface area contributed by atoms with Crippen LogP contribution in [-0.2, 0) is 11.2 Å². The summed E-state index contributed by atoms with van der Waals surface area (Å²) in [6, 6.07) is 7.47. The van der Waals surface area contributed by atoms with Crippen LogP contribution in [0.2, 0.25) is 0 Å². The van der Waals surface area contributed by atoms with Gasteiger partial charge in [0.25, 0.3) is 5.91 Å². The molecule has 3 rings (SSSR count). The molecule has 6 heteroatoms. The highest BCUT2D eigenvalue weighted by Crippen LogP contribution is 2.16. The van der Waals surface area contributed by atoms with Crippen molar-refractivity contribution in [2.45, 2.75) is 25.9 Å². The van der Waals surface area contributed by atoms with Gasteiger partial charge in [-0.2, -0.15) is 0 Å². The number of nitrogen functional groups attached to an aromatic ring is 1. The van der Waals surface area contributed by atoms with E-state index in [-0.39, 0.29) is 12.0 Å². The molecule has 0 aromatic carbocycles. The van der Waals surface area contributed by atoms with Crippen LogP contribution in [0.25, 0.3) is 0 Å². The Hall–Kier alpha value is -2.47. The summed E-state index contributed by atoms with van der Waals surface area (Å²) >= 11 is 0. The fraction of sp³-hybridized carbons (Fsp3) is 0.389. The smallest absolute Gasteiger partial charge is 0.255 e. The van der Waals surface area contributed by atoms with Crippen LogP contribution >= 0.6 is 0 Å². The third-order valence-electron chi connectivity index (χ3n) is 4.26. The molecule has 3 heterocycles. The molecule has 24 heavy (non-hydrogen) atoms. The lowest BCUT2D eigenvalue weighted by molar-refractivity contribution is -0.0246. The molecule has 6 nitrogen and oxygen atoms in total. The van der Waals surface area contributed by atoms with Gasteiger partial charge < -0.3 is 15.4 Å². The van der Waals surface area contributed by atoms with E-state index in [0.717, 1.165) is 24.1 Å². The van der Waals surface area contributed by atoms with Crippen LogP contribution in [0.3, 0.4) is 0 Å². The molecule has 0 unspecified atom stereocenters. The number of ether oxygens (including phenoxy) is 1. The normalized spacial score (nSPS) is 17.7. The van der Waals surface area contributed by atoms with Crippen molar-refractivity contribution in [3.63, 3.8) is 0 Å². The molecule has 2 aromatic heterocycles. The highest BCUT2D eigenvalue weighted by molar-refractivity contribution is 5.95. The number of anilines is 1. The number of aromatic nitrogens is 2. The molecule has 1 amide bonds. The Kier molecular flexibility index (Phi) is 5.05. The van der Waals surface area contributed by atoms with Gasteiger partial charge in [-0.1, -0.05) is 0 Å². The van der Waals surface area contributed by atoms with Crippen molar-refractivity contribution in [3.8, 4) is 0 Å². The Bertz CT molecular complexity index is 720. The molecule has 1 atom stereocenters. The minimum absolute atomic E-state index is 0.0297. The van der Waals surface area contributed by atoms with Gasteiger partial charge in [0.15, 0.2) is 0 Å². The summed E-state index contributed by atoms with van der Waals surface area (Å²) in [6.45, 7) is 3.65. The van der Waals surface area contributed by atoms with Crippen LogP contribution in [0.5, 0.6) is 0 Å². The number of carbonyl (C=O) groups is 1. The summed E-state index contributed by atoms with van der Waals surface area (Å²) in [5.41, 5.74) is 8.27. The maximum absolute atomic E-state index is 12.7. The van der Waals surface area contributed by atoms with E-state index >= 15 is 0 Å². The molecule has 0 radical (unpaired) electrons. The van der Waals surface area contributed by atoms with Crippen molar-refractivity contribution in [2.24, 2.45) is 0 Å². The van der Waals surface area contributed by atoms with Gasteiger partial charge in [-0.15, -0.1) is 0 Å². The molecule has 0 spiro atoms. The number of rotatable bonds is 4. The molecule has 0 saturated carbocycles. The molecule has 0 bridgehead atoms. The number of hydrogen-bond acceptors (Lipinski definition) is 5. The second kappa shape index (κ2) is 7.40. The van der Waals surface area contributed by atoms with Gasteiger partial charge in [0.05, 0.1) is 18.3 Å². The molecule has 2 aromatic rings. The maximum Gasteiger partial charge on any atom is 0.255 e. The Balaban J connectivity index is 1.60. The highest BCUT2D eigenvalue weighted by atomic mass is 16.5. The predicted molar refractivity (Wildman–Crippen MR) is 91.6 cm³/mol. The number of hydrogen-bond donors (Lipinski definition) is 1. The van der Waals surface area contributed by atoms with Crippen molar-refractivity contribution >= 4 is 11.7 Å². The first kappa shape index (κ1) is 16.4. The molecule has 0 aliphatic carbocycles. The zero-order valence-corrected chi connectivity index (χ0v) is 13.8. The predicted octanol–water partition coefficient (Wildman–Crippen LogP) is 1.84. The minimum atomic E-state index is 0.0297. The fourth-order valence-corrected chi connectivity index (χ4v) is 2.94. The van der Waals surface area contributed by atoms with Gasteiger partial charge in [-0.05, 0) is 49.6 Å². The van der Waals surface area contributed by atoms with Gasteiger partial charge in [0, 0.05) is 31.2 Å². The maximum atomic E-state index is 12.7. The lowest BCUT2D eigenvalue weighted by atomic mass is 10.1. The molecule has 1 aliphatic heterocycles. The van der Waals surface area contributed by atoms with E-state index in [0.29, 0.717) is 31.1 Å². The molecule has 126 valence electrons. The van der Waals surface area contributed by atoms with Crippen LogP contribution in [0.15, 0.2) is 36.7 Å². The Morgan fingerprint density at radius 3 is 3.04 bits per heavy atom. The number of nitrogens with zero attached hydrogens (tertiary/aromatic N) is 3. The number of amides is 1. The summed E-state index contributed by atoms with van der Waals surface area (Å²) in [5.74, 6) is 0.558. The third-order valence-corrected chi connectivity index (χ3v) is 4.26. The van der Waals surface area contributed by atoms with Crippen LogP contribution in [0.4, 0.5) is 5.82 Å². The van der Waals surface area contributed by atoms with Crippen molar-refractivity contribution in [1.29, 1.82) is 0 Å². The van der Waals surface area contributed by atoms with E-state index < -0.39 is 0 Å². The Morgan fingerprint density at radius 1 is 1.38 bits per heavy atom. The number of morpholine rings is 1. The zero-order valence-electron chi connectivity index (χ0n) is 13.8. The quantitative estimate of drug-likeness (QED) is 0.927. The van der Waals surface area contributed by atoms with Gasteiger partial charge in [0.2, 0.25) is 0 Å². The molecule has 1 saturated heterocycles. The van der Waals surface area contributed by atoms with E-state index in [2.05, 4.69) is 9.97 Å². The lowest BCUT2D eigenvalue weighted by Crippen LogP contribution is -2.46. The summed E-state index contributed by atoms with van der Waals surface area (Å²) < 4.78 is 5.82. The van der Waals surface area contributed by atoms with Gasteiger partial charge in [0.1, 0.15) is 5.82 Å². The lowest BCUT2D eigenvalue weighted by Gasteiger charge is -2.33. The summed E-state index contributed by atoms with van der Waals surface area (Å²) in [7, 11) is 0. The summed E-state index contributed by atoms with van der Waals surface area (Å²) in [5, 5.41) is 0. The van der Waals surface area contributed by atoms with E-state index in [1.54, 1.807) is 18.5 Å². The first-order valence-corrected chi connectivity index (χ1v) is 8.16. The average Bonchev–Trinajstić information content (AvgIpc) is 2.60. The molecular weight excluding hydrogens is 304 g/mol. The van der Waals surface area contributed by atoms with Crippen LogP contribution in [0.1, 0.15) is 28.0 Å². The van der Waals surface area contributed by atoms with Crippen molar-refractivity contribution in [3.05, 3.63) is 53.5 Å². The van der Waals surface area contributed by atoms with Crippen LogP contribution in [-0.4, -0.2) is 46.6 Å². The van der Waals surface area contributed by atoms with Crippen molar-refractivity contribution < 1.29 is 9.53 Å². The largest absolute Gasteiger partial charge is 0.384 e. The molecular formula is C18H22N4O2. The SMILES string of the molecule is Cc1ncccc1C(=O)N1CCO[C@@H](CCc2ccnc(N)c2)C1. The van der Waals surface area contributed by atoms with Crippen molar-refractivity contribution in [2.75, 3.05) is 25.4 Å². The minimum Gasteiger partial charge on any atom is -0.384 e. The summed E-state index contributed by atoms with van der Waals surface area (Å²) in [6.07, 6.45) is 5.15. The van der Waals surface area contributed by atoms with Gasteiger partial charge >= 0.3 is 0 Å². The topological polar surface area (TPSA) is 81.3 Å². The molecule has 1 fully saturated rings. The fourth-order valence-electron chi connectivity index (χ4n) is 2.94. The molecule has 1 aliphatic rings. The number of carbonyl (C=O) groups excluding carboxylic acids is 1. The number of nitrogens with two attached hydrogens (primary N) is 1. The summed E-state index contributed by atoms with van der Waals surface area (Å²) in [4.78, 5) is 22.8. The van der Waals surface area contributed by atoms with E-state index in [1.807, 2.05) is 30.0 Å². The second-order valence-corrected chi connectivity index (χ2v) is 6.01. The first-order valence-electron chi connectivity index (χ1n) is 8.16. The van der Waals surface area contributed by atoms with E-state index in [1.165, 1.54) is 0 Å². The van der Waals surface area contributed by atoms with Crippen molar-refractivity contribution in [1.82, 2.24) is 14.9 Å². The van der Waals surface area contributed by atoms with Crippen LogP contribution < -0.4 is 5.73 Å². The second-order valence-electron chi connectivity index (χ2n) is 6.01. The van der Waals surface area contributed by atoms with Crippen LogP contribution in [0, 0.1) is 6.92 Å². The molecule has 2 N–H and O–H groups in total. The third kappa shape index (κ3) is 3.89. The zero-order chi connectivity index (χ0) is 16.9.